The van der Waals surface area contributed by atoms with Crippen molar-refractivity contribution in [2.75, 3.05) is 31.1 Å². The number of carbonyl (C=O) groups is 1. The van der Waals surface area contributed by atoms with Gasteiger partial charge < -0.3 is 10.3 Å². The summed E-state index contributed by atoms with van der Waals surface area (Å²) in [5.41, 5.74) is 2.66. The Hall–Kier alpha value is -2.06. The molecule has 8 heteroatoms. The summed E-state index contributed by atoms with van der Waals surface area (Å²) < 4.78 is 1.85. The number of nitrogens with zero attached hydrogens (tertiary/aromatic N) is 3. The first-order valence-corrected chi connectivity index (χ1v) is 10.00. The number of rotatable bonds is 6. The van der Waals surface area contributed by atoms with Crippen LogP contribution in [0.15, 0.2) is 23.0 Å². The third-order valence-electron chi connectivity index (χ3n) is 4.42. The first-order valence-electron chi connectivity index (χ1n) is 8.84. The van der Waals surface area contributed by atoms with Crippen LogP contribution < -0.4 is 10.9 Å². The first kappa shape index (κ1) is 18.7. The SMILES string of the molecule is Cc1cc(C)n(CCNC(=O)c2ccc(CN3CCSCC3)[nH]c2=O)n1. The van der Waals surface area contributed by atoms with Crippen LogP contribution in [0.25, 0.3) is 0 Å². The predicted molar refractivity (Wildman–Crippen MR) is 104 cm³/mol. The zero-order valence-electron chi connectivity index (χ0n) is 15.2. The Morgan fingerprint density at radius 2 is 2.08 bits per heavy atom. The van der Waals surface area contributed by atoms with Gasteiger partial charge in [-0.25, -0.2) is 0 Å². The van der Waals surface area contributed by atoms with Crippen LogP contribution >= 0.6 is 11.8 Å². The third-order valence-corrected chi connectivity index (χ3v) is 5.37. The van der Waals surface area contributed by atoms with E-state index >= 15 is 0 Å². The van der Waals surface area contributed by atoms with Crippen LogP contribution in [-0.2, 0) is 13.1 Å². The third kappa shape index (κ3) is 4.76. The van der Waals surface area contributed by atoms with Crippen LogP contribution in [0.3, 0.4) is 0 Å². The molecule has 0 spiro atoms. The molecule has 3 rings (SSSR count). The van der Waals surface area contributed by atoms with Crippen molar-refractivity contribution >= 4 is 17.7 Å². The smallest absolute Gasteiger partial charge is 0.261 e. The quantitative estimate of drug-likeness (QED) is 0.792. The summed E-state index contributed by atoms with van der Waals surface area (Å²) in [4.78, 5) is 29.7. The normalized spacial score (nSPS) is 15.2. The van der Waals surface area contributed by atoms with Crippen molar-refractivity contribution in [2.45, 2.75) is 26.9 Å². The molecule has 0 saturated carbocycles. The second kappa shape index (κ2) is 8.55. The van der Waals surface area contributed by atoms with Crippen molar-refractivity contribution in [3.8, 4) is 0 Å². The molecule has 1 aliphatic rings. The summed E-state index contributed by atoms with van der Waals surface area (Å²) in [7, 11) is 0. The molecule has 0 aliphatic carbocycles. The first-order chi connectivity index (χ1) is 12.5. The maximum absolute atomic E-state index is 12.3. The summed E-state index contributed by atoms with van der Waals surface area (Å²) in [6.07, 6.45) is 0. The Morgan fingerprint density at radius 3 is 2.73 bits per heavy atom. The lowest BCUT2D eigenvalue weighted by Gasteiger charge is -2.25. The lowest BCUT2D eigenvalue weighted by Crippen LogP contribution is -2.34. The molecule has 0 unspecified atom stereocenters. The molecule has 0 radical (unpaired) electrons. The van der Waals surface area contributed by atoms with Crippen LogP contribution in [0.5, 0.6) is 0 Å². The van der Waals surface area contributed by atoms with Gasteiger partial charge in [-0.15, -0.1) is 0 Å². The molecule has 2 aromatic heterocycles. The number of pyridine rings is 1. The predicted octanol–water partition coefficient (Wildman–Crippen LogP) is 1.17. The highest BCUT2D eigenvalue weighted by atomic mass is 32.2. The van der Waals surface area contributed by atoms with Gasteiger partial charge >= 0.3 is 0 Å². The number of H-pyrrole nitrogens is 1. The molecule has 0 bridgehead atoms. The molecule has 140 valence electrons. The Labute approximate surface area is 157 Å². The molecule has 1 amide bonds. The molecule has 0 aromatic carbocycles. The Balaban J connectivity index is 1.55. The summed E-state index contributed by atoms with van der Waals surface area (Å²) in [6, 6.07) is 5.44. The molecule has 26 heavy (non-hydrogen) atoms. The zero-order valence-corrected chi connectivity index (χ0v) is 16.1. The molecule has 1 aliphatic heterocycles. The number of aromatic nitrogens is 3. The van der Waals surface area contributed by atoms with Gasteiger partial charge in [-0.2, -0.15) is 16.9 Å². The molecule has 2 aromatic rings. The van der Waals surface area contributed by atoms with Gasteiger partial charge in [-0.05, 0) is 32.0 Å². The average Bonchev–Trinajstić information content (AvgIpc) is 2.93. The van der Waals surface area contributed by atoms with Crippen molar-refractivity contribution in [3.63, 3.8) is 0 Å². The minimum absolute atomic E-state index is 0.149. The Kier molecular flexibility index (Phi) is 6.16. The molecular formula is C18H25N5O2S. The van der Waals surface area contributed by atoms with Crippen molar-refractivity contribution in [2.24, 2.45) is 0 Å². The topological polar surface area (TPSA) is 83.0 Å². The lowest BCUT2D eigenvalue weighted by atomic mass is 10.2. The molecule has 2 N–H and O–H groups in total. The largest absolute Gasteiger partial charge is 0.350 e. The summed E-state index contributed by atoms with van der Waals surface area (Å²) >= 11 is 1.95. The van der Waals surface area contributed by atoms with E-state index in [2.05, 4.69) is 20.3 Å². The maximum atomic E-state index is 12.3. The highest BCUT2D eigenvalue weighted by Crippen LogP contribution is 2.11. The van der Waals surface area contributed by atoms with Crippen molar-refractivity contribution in [1.29, 1.82) is 0 Å². The standard InChI is InChI=1S/C18H25N5O2S/c1-13-11-14(2)23(21-13)6-5-19-17(24)16-4-3-15(20-18(16)25)12-22-7-9-26-10-8-22/h3-4,11H,5-10,12H2,1-2H3,(H,19,24)(H,20,25). The van der Waals surface area contributed by atoms with Crippen LogP contribution in [0.2, 0.25) is 0 Å². The molecular weight excluding hydrogens is 350 g/mol. The van der Waals surface area contributed by atoms with E-state index in [1.165, 1.54) is 0 Å². The zero-order chi connectivity index (χ0) is 18.5. The van der Waals surface area contributed by atoms with Gasteiger partial charge in [0.15, 0.2) is 0 Å². The second-order valence-electron chi connectivity index (χ2n) is 6.52. The van der Waals surface area contributed by atoms with Crippen LogP contribution in [0.4, 0.5) is 0 Å². The van der Waals surface area contributed by atoms with E-state index in [9.17, 15) is 9.59 Å². The number of nitrogens with one attached hydrogen (secondary N) is 2. The molecule has 0 atom stereocenters. The van der Waals surface area contributed by atoms with Gasteiger partial charge in [0.2, 0.25) is 0 Å². The van der Waals surface area contributed by atoms with E-state index in [1.54, 1.807) is 6.07 Å². The van der Waals surface area contributed by atoms with Crippen LogP contribution in [0, 0.1) is 13.8 Å². The summed E-state index contributed by atoms with van der Waals surface area (Å²) in [6.45, 7) is 7.69. The Morgan fingerprint density at radius 1 is 1.31 bits per heavy atom. The number of aryl methyl sites for hydroxylation is 2. The molecule has 1 fully saturated rings. The van der Waals surface area contributed by atoms with Gasteiger partial charge in [0.25, 0.3) is 11.5 Å². The van der Waals surface area contributed by atoms with Gasteiger partial charge in [-0.1, -0.05) is 0 Å². The van der Waals surface area contributed by atoms with Crippen molar-refractivity contribution in [3.05, 3.63) is 51.2 Å². The number of thioether (sulfide) groups is 1. The minimum Gasteiger partial charge on any atom is -0.350 e. The highest BCUT2D eigenvalue weighted by molar-refractivity contribution is 7.99. The van der Waals surface area contributed by atoms with Crippen molar-refractivity contribution in [1.82, 2.24) is 25.0 Å². The van der Waals surface area contributed by atoms with Crippen LogP contribution in [0.1, 0.15) is 27.4 Å². The maximum Gasteiger partial charge on any atom is 0.261 e. The summed E-state index contributed by atoms with van der Waals surface area (Å²) in [5, 5.41) is 7.15. The van der Waals surface area contributed by atoms with E-state index in [0.29, 0.717) is 13.1 Å². The van der Waals surface area contributed by atoms with E-state index < -0.39 is 0 Å². The lowest BCUT2D eigenvalue weighted by molar-refractivity contribution is 0.0950. The van der Waals surface area contributed by atoms with E-state index in [4.69, 9.17) is 0 Å². The number of aromatic amines is 1. The number of amides is 1. The monoisotopic (exact) mass is 375 g/mol. The molecule has 3 heterocycles. The highest BCUT2D eigenvalue weighted by Gasteiger charge is 2.14. The number of hydrogen-bond donors (Lipinski definition) is 2. The fourth-order valence-electron chi connectivity index (χ4n) is 3.06. The average molecular weight is 375 g/mol. The summed E-state index contributed by atoms with van der Waals surface area (Å²) in [5.74, 6) is 1.90. The van der Waals surface area contributed by atoms with Gasteiger partial charge in [0.05, 0.1) is 12.2 Å². The van der Waals surface area contributed by atoms with Gasteiger partial charge in [0, 0.05) is 49.1 Å². The van der Waals surface area contributed by atoms with E-state index in [1.807, 2.05) is 42.4 Å². The minimum atomic E-state index is -0.353. The fraction of sp³-hybridized carbons (Fsp3) is 0.500. The number of hydrogen-bond acceptors (Lipinski definition) is 5. The second-order valence-corrected chi connectivity index (χ2v) is 7.75. The van der Waals surface area contributed by atoms with E-state index in [-0.39, 0.29) is 17.0 Å². The Bertz CT molecular complexity index is 823. The van der Waals surface area contributed by atoms with Crippen LogP contribution in [-0.4, -0.2) is 56.7 Å². The van der Waals surface area contributed by atoms with Gasteiger partial charge in [0.1, 0.15) is 5.56 Å². The number of carbonyl (C=O) groups excluding carboxylic acids is 1. The molecule has 1 saturated heterocycles. The van der Waals surface area contributed by atoms with Gasteiger partial charge in [-0.3, -0.25) is 19.2 Å². The molecule has 7 nitrogen and oxygen atoms in total. The van der Waals surface area contributed by atoms with E-state index in [0.717, 1.165) is 48.2 Å². The van der Waals surface area contributed by atoms with Crippen molar-refractivity contribution < 1.29 is 4.79 Å². The fourth-order valence-corrected chi connectivity index (χ4v) is 4.04.